The van der Waals surface area contributed by atoms with E-state index in [0.29, 0.717) is 22.2 Å². The molecular formula is C11H10BrFO3. The van der Waals surface area contributed by atoms with E-state index in [4.69, 9.17) is 9.84 Å². The first-order valence-corrected chi connectivity index (χ1v) is 5.59. The molecule has 5 heteroatoms. The summed E-state index contributed by atoms with van der Waals surface area (Å²) in [6.07, 6.45) is 0.476. The number of ether oxygens (including phenoxy) is 1. The fourth-order valence-electron chi connectivity index (χ4n) is 1.88. The average Bonchev–Trinajstić information content (AvgIpc) is 2.96. The fraction of sp³-hybridized carbons (Fsp3) is 0.364. The summed E-state index contributed by atoms with van der Waals surface area (Å²) in [4.78, 5) is 10.8. The predicted octanol–water partition coefficient (Wildman–Crippen LogP) is 2.78. The summed E-state index contributed by atoms with van der Waals surface area (Å²) in [5.41, 5.74) is 0.373. The van der Waals surface area contributed by atoms with Crippen molar-refractivity contribution in [1.29, 1.82) is 0 Å². The van der Waals surface area contributed by atoms with Gasteiger partial charge in [-0.3, -0.25) is 4.79 Å². The van der Waals surface area contributed by atoms with Gasteiger partial charge >= 0.3 is 5.97 Å². The van der Waals surface area contributed by atoms with Crippen LogP contribution in [0.4, 0.5) is 4.39 Å². The zero-order chi connectivity index (χ0) is 11.9. The third-order valence-electron chi connectivity index (χ3n) is 2.75. The molecule has 0 aromatic heterocycles. The minimum absolute atomic E-state index is 0.263. The van der Waals surface area contributed by atoms with E-state index in [1.54, 1.807) is 6.07 Å². The Hall–Kier alpha value is -1.10. The van der Waals surface area contributed by atoms with Crippen molar-refractivity contribution in [3.63, 3.8) is 0 Å². The highest BCUT2D eigenvalue weighted by molar-refractivity contribution is 9.10. The van der Waals surface area contributed by atoms with Crippen LogP contribution in [0.2, 0.25) is 0 Å². The highest BCUT2D eigenvalue weighted by Gasteiger charge is 2.47. The van der Waals surface area contributed by atoms with Crippen LogP contribution in [0.1, 0.15) is 17.9 Å². The van der Waals surface area contributed by atoms with Crippen LogP contribution in [0.15, 0.2) is 16.6 Å². The number of carbonyl (C=O) groups is 1. The number of carboxylic acids is 1. The molecule has 1 aromatic rings. The van der Waals surface area contributed by atoms with Gasteiger partial charge < -0.3 is 9.84 Å². The smallest absolute Gasteiger partial charge is 0.307 e. The number of rotatable bonds is 3. The van der Waals surface area contributed by atoms with E-state index in [0.717, 1.165) is 0 Å². The molecule has 2 atom stereocenters. The highest BCUT2D eigenvalue weighted by Crippen LogP contribution is 2.51. The van der Waals surface area contributed by atoms with Gasteiger partial charge in [-0.15, -0.1) is 0 Å². The zero-order valence-corrected chi connectivity index (χ0v) is 10.1. The lowest BCUT2D eigenvalue weighted by atomic mass is 10.1. The Morgan fingerprint density at radius 3 is 2.81 bits per heavy atom. The van der Waals surface area contributed by atoms with E-state index < -0.39 is 17.7 Å². The zero-order valence-electron chi connectivity index (χ0n) is 8.54. The molecule has 16 heavy (non-hydrogen) atoms. The summed E-state index contributed by atoms with van der Waals surface area (Å²) < 4.78 is 19.4. The van der Waals surface area contributed by atoms with Gasteiger partial charge in [0.1, 0.15) is 11.6 Å². The molecule has 1 fully saturated rings. The summed E-state index contributed by atoms with van der Waals surface area (Å²) in [6.45, 7) is 0. The van der Waals surface area contributed by atoms with Crippen molar-refractivity contribution in [1.82, 2.24) is 0 Å². The Balaban J connectivity index is 2.38. The second-order valence-corrected chi connectivity index (χ2v) is 4.71. The minimum atomic E-state index is -0.880. The molecule has 2 unspecified atom stereocenters. The molecule has 3 nitrogen and oxygen atoms in total. The molecule has 1 aliphatic rings. The summed E-state index contributed by atoms with van der Waals surface area (Å²) >= 11 is 3.17. The Labute approximate surface area is 100 Å². The molecule has 86 valence electrons. The maximum absolute atomic E-state index is 13.7. The van der Waals surface area contributed by atoms with Crippen molar-refractivity contribution in [3.8, 4) is 5.75 Å². The molecule has 0 amide bonds. The van der Waals surface area contributed by atoms with Crippen molar-refractivity contribution in [2.24, 2.45) is 5.92 Å². The third-order valence-corrected chi connectivity index (χ3v) is 3.21. The van der Waals surface area contributed by atoms with Crippen LogP contribution >= 0.6 is 15.9 Å². The first kappa shape index (κ1) is 11.4. The van der Waals surface area contributed by atoms with Crippen molar-refractivity contribution < 1.29 is 19.0 Å². The maximum Gasteiger partial charge on any atom is 0.307 e. The SMILES string of the molecule is COc1cc(Br)cc(F)c1C1CC1C(=O)O. The summed E-state index contributed by atoms with van der Waals surface area (Å²) in [5.74, 6) is -1.64. The summed E-state index contributed by atoms with van der Waals surface area (Å²) in [5, 5.41) is 8.82. The molecule has 0 heterocycles. The monoisotopic (exact) mass is 288 g/mol. The maximum atomic E-state index is 13.7. The molecular weight excluding hydrogens is 279 g/mol. The Bertz CT molecular complexity index is 447. The summed E-state index contributed by atoms with van der Waals surface area (Å²) in [6, 6.07) is 2.98. The van der Waals surface area contributed by atoms with Crippen molar-refractivity contribution in [3.05, 3.63) is 28.0 Å². The minimum Gasteiger partial charge on any atom is -0.496 e. The standard InChI is InChI=1S/C11H10BrFO3/c1-16-9-3-5(12)2-8(13)10(9)6-4-7(6)11(14)15/h2-3,6-7H,4H2,1H3,(H,14,15). The average molecular weight is 289 g/mol. The number of methoxy groups -OCH3 is 1. The predicted molar refractivity (Wildman–Crippen MR) is 59.1 cm³/mol. The Kier molecular flexibility index (Phi) is 2.88. The van der Waals surface area contributed by atoms with Gasteiger partial charge in [0.25, 0.3) is 0 Å². The first-order valence-electron chi connectivity index (χ1n) is 4.80. The molecule has 2 rings (SSSR count). The van der Waals surface area contributed by atoms with E-state index in [9.17, 15) is 9.18 Å². The quantitative estimate of drug-likeness (QED) is 0.930. The van der Waals surface area contributed by atoms with Crippen LogP contribution in [0, 0.1) is 11.7 Å². The van der Waals surface area contributed by atoms with Gasteiger partial charge in [0.2, 0.25) is 0 Å². The van der Waals surface area contributed by atoms with Gasteiger partial charge in [0.15, 0.2) is 0 Å². The number of aliphatic carboxylic acids is 1. The van der Waals surface area contributed by atoms with E-state index in [1.807, 2.05) is 0 Å². The van der Waals surface area contributed by atoms with Gasteiger partial charge in [0.05, 0.1) is 13.0 Å². The van der Waals surface area contributed by atoms with Gasteiger partial charge in [0, 0.05) is 16.0 Å². The molecule has 1 aliphatic carbocycles. The number of hydrogen-bond acceptors (Lipinski definition) is 2. The molecule has 0 aliphatic heterocycles. The second-order valence-electron chi connectivity index (χ2n) is 3.79. The highest BCUT2D eigenvalue weighted by atomic mass is 79.9. The van der Waals surface area contributed by atoms with Crippen molar-refractivity contribution in [2.75, 3.05) is 7.11 Å². The second kappa shape index (κ2) is 4.05. The van der Waals surface area contributed by atoms with Gasteiger partial charge in [-0.2, -0.15) is 0 Å². The van der Waals surface area contributed by atoms with Crippen molar-refractivity contribution in [2.45, 2.75) is 12.3 Å². The van der Waals surface area contributed by atoms with Crippen LogP contribution < -0.4 is 4.74 Å². The molecule has 0 bridgehead atoms. The number of benzene rings is 1. The molecule has 0 spiro atoms. The molecule has 1 aromatic carbocycles. The van der Waals surface area contributed by atoms with Gasteiger partial charge in [-0.05, 0) is 18.6 Å². The lowest BCUT2D eigenvalue weighted by Gasteiger charge is -2.09. The summed E-state index contributed by atoms with van der Waals surface area (Å²) in [7, 11) is 1.45. The van der Waals surface area contributed by atoms with Crippen molar-refractivity contribution >= 4 is 21.9 Å². The van der Waals surface area contributed by atoms with E-state index in [-0.39, 0.29) is 5.92 Å². The number of halogens is 2. The fourth-order valence-corrected chi connectivity index (χ4v) is 2.29. The lowest BCUT2D eigenvalue weighted by Crippen LogP contribution is -2.02. The molecule has 1 N–H and O–H groups in total. The van der Waals surface area contributed by atoms with Gasteiger partial charge in [-0.25, -0.2) is 4.39 Å². The van der Waals surface area contributed by atoms with Crippen LogP contribution in [-0.4, -0.2) is 18.2 Å². The van der Waals surface area contributed by atoms with Crippen LogP contribution in [0.25, 0.3) is 0 Å². The lowest BCUT2D eigenvalue weighted by molar-refractivity contribution is -0.138. The van der Waals surface area contributed by atoms with Gasteiger partial charge in [-0.1, -0.05) is 15.9 Å². The normalized spacial score (nSPS) is 22.9. The largest absolute Gasteiger partial charge is 0.496 e. The van der Waals surface area contributed by atoms with E-state index >= 15 is 0 Å². The molecule has 0 saturated heterocycles. The van der Waals surface area contributed by atoms with E-state index in [1.165, 1.54) is 13.2 Å². The Morgan fingerprint density at radius 1 is 1.62 bits per heavy atom. The van der Waals surface area contributed by atoms with Crippen LogP contribution in [0.3, 0.4) is 0 Å². The van der Waals surface area contributed by atoms with E-state index in [2.05, 4.69) is 15.9 Å². The number of carboxylic acid groups (broad SMARTS) is 1. The third kappa shape index (κ3) is 1.91. The molecule has 0 radical (unpaired) electrons. The van der Waals surface area contributed by atoms with Crippen LogP contribution in [-0.2, 0) is 4.79 Å². The topological polar surface area (TPSA) is 46.5 Å². The first-order chi connectivity index (χ1) is 7.54. The van der Waals surface area contributed by atoms with Crippen LogP contribution in [0.5, 0.6) is 5.75 Å². The Morgan fingerprint density at radius 2 is 2.31 bits per heavy atom. The molecule has 1 saturated carbocycles. The number of hydrogen-bond donors (Lipinski definition) is 1.